The average Bonchev–Trinajstić information content (AvgIpc) is 3.24. The highest BCUT2D eigenvalue weighted by Crippen LogP contribution is 2.20. The number of hydrogen-bond donors (Lipinski definition) is 2. The summed E-state index contributed by atoms with van der Waals surface area (Å²) in [6.07, 6.45) is 3.19. The lowest BCUT2D eigenvalue weighted by Crippen LogP contribution is -2.39. The Kier molecular flexibility index (Phi) is 4.69. The minimum Gasteiger partial charge on any atom is -0.372 e. The molecular weight excluding hydrogens is 292 g/mol. The summed E-state index contributed by atoms with van der Waals surface area (Å²) >= 11 is 0. The predicted octanol–water partition coefficient (Wildman–Crippen LogP) is 1.30. The summed E-state index contributed by atoms with van der Waals surface area (Å²) in [6.45, 7) is 3.78. The van der Waals surface area contributed by atoms with Crippen LogP contribution in [0.1, 0.15) is 24.8 Å². The van der Waals surface area contributed by atoms with Crippen molar-refractivity contribution in [2.75, 3.05) is 31.1 Å². The van der Waals surface area contributed by atoms with Crippen LogP contribution in [0.5, 0.6) is 0 Å². The van der Waals surface area contributed by atoms with Gasteiger partial charge in [-0.15, -0.1) is 0 Å². The van der Waals surface area contributed by atoms with Crippen LogP contribution in [0.2, 0.25) is 0 Å². The summed E-state index contributed by atoms with van der Waals surface area (Å²) in [6, 6.07) is 8.23. The van der Waals surface area contributed by atoms with Crippen molar-refractivity contribution in [1.82, 2.24) is 10.2 Å². The van der Waals surface area contributed by atoms with E-state index < -0.39 is 0 Å². The van der Waals surface area contributed by atoms with E-state index in [0.717, 1.165) is 18.7 Å². The zero-order valence-corrected chi connectivity index (χ0v) is 13.3. The number of nitrogens with one attached hydrogen (secondary N) is 1. The second-order valence-corrected chi connectivity index (χ2v) is 6.35. The molecule has 0 aliphatic carbocycles. The second kappa shape index (κ2) is 6.89. The summed E-state index contributed by atoms with van der Waals surface area (Å²) in [4.78, 5) is 27.3. The average molecular weight is 316 g/mol. The molecule has 0 radical (unpaired) electrons. The van der Waals surface area contributed by atoms with E-state index >= 15 is 0 Å². The van der Waals surface area contributed by atoms with Crippen LogP contribution in [0, 0.1) is 5.92 Å². The molecule has 3 N–H and O–H groups in total. The van der Waals surface area contributed by atoms with Crippen molar-refractivity contribution >= 4 is 17.6 Å². The fourth-order valence-electron chi connectivity index (χ4n) is 3.27. The van der Waals surface area contributed by atoms with Gasteiger partial charge in [0.2, 0.25) is 5.91 Å². The molecule has 0 aromatic heterocycles. The summed E-state index contributed by atoms with van der Waals surface area (Å²) in [5.74, 6) is -0.529. The number of hydrogen-bond acceptors (Lipinski definition) is 3. The molecule has 2 saturated heterocycles. The standard InChI is InChI=1S/C17H24N4O2/c18-16(22)14-7-10-21(12-14)17(23)19-11-13-3-5-15(6-4-13)20-8-1-2-9-20/h3-6,14H,1-2,7-12H2,(H2,18,22)(H,19,23)/t14-/m0/s1. The van der Waals surface area contributed by atoms with Gasteiger partial charge in [0.1, 0.15) is 0 Å². The third-order valence-corrected chi connectivity index (χ3v) is 4.73. The van der Waals surface area contributed by atoms with Gasteiger partial charge in [0, 0.05) is 38.4 Å². The molecule has 6 heteroatoms. The molecule has 3 rings (SSSR count). The van der Waals surface area contributed by atoms with Crippen LogP contribution < -0.4 is 16.0 Å². The first-order chi connectivity index (χ1) is 11.1. The fraction of sp³-hybridized carbons (Fsp3) is 0.529. The van der Waals surface area contributed by atoms with E-state index in [1.165, 1.54) is 18.5 Å². The molecule has 1 atom stereocenters. The summed E-state index contributed by atoms with van der Waals surface area (Å²) in [7, 11) is 0. The number of nitrogens with two attached hydrogens (primary N) is 1. The molecule has 0 saturated carbocycles. The Hall–Kier alpha value is -2.24. The number of carbonyl (C=O) groups excluding carboxylic acids is 2. The van der Waals surface area contributed by atoms with Gasteiger partial charge in [0.15, 0.2) is 0 Å². The molecule has 1 aromatic carbocycles. The van der Waals surface area contributed by atoms with Crippen LogP contribution in [-0.2, 0) is 11.3 Å². The van der Waals surface area contributed by atoms with E-state index in [1.807, 2.05) is 0 Å². The number of benzene rings is 1. The first-order valence-corrected chi connectivity index (χ1v) is 8.29. The number of rotatable bonds is 4. The topological polar surface area (TPSA) is 78.7 Å². The number of amides is 3. The first kappa shape index (κ1) is 15.6. The molecule has 2 aliphatic heterocycles. The lowest BCUT2D eigenvalue weighted by molar-refractivity contribution is -0.121. The fourth-order valence-corrected chi connectivity index (χ4v) is 3.27. The van der Waals surface area contributed by atoms with Crippen molar-refractivity contribution in [3.63, 3.8) is 0 Å². The van der Waals surface area contributed by atoms with E-state index in [-0.39, 0.29) is 17.9 Å². The van der Waals surface area contributed by atoms with Crippen LogP contribution in [0.3, 0.4) is 0 Å². The zero-order chi connectivity index (χ0) is 16.2. The third kappa shape index (κ3) is 3.75. The number of urea groups is 1. The lowest BCUT2D eigenvalue weighted by atomic mass is 10.1. The highest BCUT2D eigenvalue weighted by atomic mass is 16.2. The summed E-state index contributed by atoms with van der Waals surface area (Å²) in [5.41, 5.74) is 7.62. The first-order valence-electron chi connectivity index (χ1n) is 8.29. The van der Waals surface area contributed by atoms with E-state index in [2.05, 4.69) is 34.5 Å². The molecule has 2 aliphatic rings. The Morgan fingerprint density at radius 2 is 1.83 bits per heavy atom. The quantitative estimate of drug-likeness (QED) is 0.879. The van der Waals surface area contributed by atoms with Crippen LogP contribution in [0.4, 0.5) is 10.5 Å². The van der Waals surface area contributed by atoms with Crippen molar-refractivity contribution < 1.29 is 9.59 Å². The smallest absolute Gasteiger partial charge is 0.317 e. The Morgan fingerprint density at radius 3 is 2.43 bits per heavy atom. The number of carbonyl (C=O) groups is 2. The molecule has 0 spiro atoms. The molecule has 2 heterocycles. The van der Waals surface area contributed by atoms with Gasteiger partial charge in [-0.25, -0.2) is 4.79 Å². The van der Waals surface area contributed by atoms with Crippen molar-refractivity contribution in [1.29, 1.82) is 0 Å². The summed E-state index contributed by atoms with van der Waals surface area (Å²) < 4.78 is 0. The molecule has 1 aromatic rings. The Bertz CT molecular complexity index is 566. The number of nitrogens with zero attached hydrogens (tertiary/aromatic N) is 2. The normalized spacial score (nSPS) is 20.8. The van der Waals surface area contributed by atoms with Gasteiger partial charge >= 0.3 is 6.03 Å². The van der Waals surface area contributed by atoms with Crippen molar-refractivity contribution in [3.8, 4) is 0 Å². The number of anilines is 1. The highest BCUT2D eigenvalue weighted by Gasteiger charge is 2.29. The van der Waals surface area contributed by atoms with Crippen LogP contribution >= 0.6 is 0 Å². The minimum atomic E-state index is -0.321. The van der Waals surface area contributed by atoms with Gasteiger partial charge in [-0.2, -0.15) is 0 Å². The van der Waals surface area contributed by atoms with E-state index in [9.17, 15) is 9.59 Å². The Balaban J connectivity index is 1.48. The van der Waals surface area contributed by atoms with Crippen molar-refractivity contribution in [2.24, 2.45) is 11.7 Å². The monoisotopic (exact) mass is 316 g/mol. The molecule has 0 unspecified atom stereocenters. The molecular formula is C17H24N4O2. The Morgan fingerprint density at radius 1 is 1.13 bits per heavy atom. The zero-order valence-electron chi connectivity index (χ0n) is 13.3. The number of primary amides is 1. The van der Waals surface area contributed by atoms with Gasteiger partial charge in [-0.05, 0) is 37.0 Å². The van der Waals surface area contributed by atoms with Crippen molar-refractivity contribution in [2.45, 2.75) is 25.8 Å². The van der Waals surface area contributed by atoms with Gasteiger partial charge in [-0.1, -0.05) is 12.1 Å². The summed E-state index contributed by atoms with van der Waals surface area (Å²) in [5, 5.41) is 2.91. The van der Waals surface area contributed by atoms with Gasteiger partial charge in [0.05, 0.1) is 5.92 Å². The maximum atomic E-state index is 12.1. The molecule has 3 amide bonds. The lowest BCUT2D eigenvalue weighted by Gasteiger charge is -2.19. The van der Waals surface area contributed by atoms with Gasteiger partial charge in [0.25, 0.3) is 0 Å². The second-order valence-electron chi connectivity index (χ2n) is 6.35. The van der Waals surface area contributed by atoms with Crippen LogP contribution in [0.25, 0.3) is 0 Å². The number of likely N-dealkylation sites (tertiary alicyclic amines) is 1. The van der Waals surface area contributed by atoms with Gasteiger partial charge in [-0.3, -0.25) is 4.79 Å². The SMILES string of the molecule is NC(=O)[C@H]1CCN(C(=O)NCc2ccc(N3CCCC3)cc2)C1. The molecule has 0 bridgehead atoms. The third-order valence-electron chi connectivity index (χ3n) is 4.73. The van der Waals surface area contributed by atoms with E-state index in [0.29, 0.717) is 26.1 Å². The Labute approximate surface area is 136 Å². The minimum absolute atomic E-state index is 0.127. The van der Waals surface area contributed by atoms with Gasteiger partial charge < -0.3 is 20.9 Å². The van der Waals surface area contributed by atoms with E-state index in [1.54, 1.807) is 4.90 Å². The largest absolute Gasteiger partial charge is 0.372 e. The van der Waals surface area contributed by atoms with E-state index in [4.69, 9.17) is 5.73 Å². The maximum Gasteiger partial charge on any atom is 0.317 e. The van der Waals surface area contributed by atoms with Crippen LogP contribution in [-0.4, -0.2) is 43.0 Å². The maximum absolute atomic E-state index is 12.1. The van der Waals surface area contributed by atoms with Crippen molar-refractivity contribution in [3.05, 3.63) is 29.8 Å². The molecule has 2 fully saturated rings. The molecule has 124 valence electrons. The van der Waals surface area contributed by atoms with Crippen LogP contribution in [0.15, 0.2) is 24.3 Å². The molecule has 23 heavy (non-hydrogen) atoms. The molecule has 6 nitrogen and oxygen atoms in total. The highest BCUT2D eigenvalue weighted by molar-refractivity contribution is 5.80. The predicted molar refractivity (Wildman–Crippen MR) is 89.0 cm³/mol.